The standard InChI is InChI=1S/C19H12ClF4N7O/c1-10-2-3-11(21)6-15(10)30-16(19(22,23)24)13(9-28-30)18(32)29-12-7-14(20)17(25-8-12)31-26-4-5-27-31/h2-9H,1H3,(H,29,32). The zero-order valence-corrected chi connectivity index (χ0v) is 16.9. The van der Waals surface area contributed by atoms with Crippen LogP contribution >= 0.6 is 11.6 Å². The van der Waals surface area contributed by atoms with Crippen molar-refractivity contribution in [1.29, 1.82) is 0 Å². The van der Waals surface area contributed by atoms with Gasteiger partial charge in [-0.1, -0.05) is 17.7 Å². The first-order valence-corrected chi connectivity index (χ1v) is 9.28. The van der Waals surface area contributed by atoms with Gasteiger partial charge in [-0.15, -0.1) is 4.80 Å². The van der Waals surface area contributed by atoms with E-state index in [2.05, 4.69) is 25.6 Å². The van der Waals surface area contributed by atoms with Gasteiger partial charge in [-0.2, -0.15) is 28.5 Å². The summed E-state index contributed by atoms with van der Waals surface area (Å²) in [7, 11) is 0. The van der Waals surface area contributed by atoms with Crippen molar-refractivity contribution in [2.45, 2.75) is 13.1 Å². The minimum atomic E-state index is -4.95. The monoisotopic (exact) mass is 465 g/mol. The molecule has 0 unspecified atom stereocenters. The van der Waals surface area contributed by atoms with Crippen LogP contribution in [0.15, 0.2) is 49.1 Å². The number of benzene rings is 1. The van der Waals surface area contributed by atoms with Crippen molar-refractivity contribution in [2.75, 3.05) is 5.32 Å². The Bertz CT molecular complexity index is 1300. The Morgan fingerprint density at radius 3 is 2.47 bits per heavy atom. The Morgan fingerprint density at radius 1 is 1.09 bits per heavy atom. The summed E-state index contributed by atoms with van der Waals surface area (Å²) in [5, 5.41) is 13.8. The first-order valence-electron chi connectivity index (χ1n) is 8.90. The second-order valence-corrected chi connectivity index (χ2v) is 6.96. The van der Waals surface area contributed by atoms with Gasteiger partial charge in [0.2, 0.25) is 0 Å². The summed E-state index contributed by atoms with van der Waals surface area (Å²) in [4.78, 5) is 17.8. The molecule has 0 atom stereocenters. The largest absolute Gasteiger partial charge is 0.434 e. The van der Waals surface area contributed by atoms with Crippen LogP contribution in [0.2, 0.25) is 5.02 Å². The third-order valence-corrected chi connectivity index (χ3v) is 4.65. The van der Waals surface area contributed by atoms with Crippen LogP contribution in [-0.2, 0) is 6.18 Å². The highest BCUT2D eigenvalue weighted by Crippen LogP contribution is 2.35. The van der Waals surface area contributed by atoms with Gasteiger partial charge in [0.1, 0.15) is 5.82 Å². The van der Waals surface area contributed by atoms with Gasteiger partial charge in [0.15, 0.2) is 11.5 Å². The summed E-state index contributed by atoms with van der Waals surface area (Å²) in [6.07, 6.45) is -0.182. The number of anilines is 1. The van der Waals surface area contributed by atoms with E-state index in [1.807, 2.05) is 0 Å². The predicted octanol–water partition coefficient (Wildman–Crippen LogP) is 4.22. The number of carbonyl (C=O) groups excluding carboxylic acids is 1. The minimum Gasteiger partial charge on any atom is -0.320 e. The number of hydrogen-bond donors (Lipinski definition) is 1. The van der Waals surface area contributed by atoms with Gasteiger partial charge in [0.25, 0.3) is 5.91 Å². The van der Waals surface area contributed by atoms with Crippen molar-refractivity contribution >= 4 is 23.2 Å². The van der Waals surface area contributed by atoms with Crippen LogP contribution in [0.3, 0.4) is 0 Å². The Balaban J connectivity index is 1.70. The zero-order valence-electron chi connectivity index (χ0n) is 16.1. The number of pyridine rings is 1. The highest BCUT2D eigenvalue weighted by atomic mass is 35.5. The number of hydrogen-bond acceptors (Lipinski definition) is 5. The van der Waals surface area contributed by atoms with Gasteiger partial charge >= 0.3 is 6.18 Å². The smallest absolute Gasteiger partial charge is 0.320 e. The molecule has 13 heteroatoms. The molecule has 3 heterocycles. The van der Waals surface area contributed by atoms with Crippen LogP contribution in [0.4, 0.5) is 23.2 Å². The molecule has 1 aromatic carbocycles. The summed E-state index contributed by atoms with van der Waals surface area (Å²) in [5.74, 6) is -1.67. The molecule has 4 rings (SSSR count). The Labute approximate surface area is 182 Å². The minimum absolute atomic E-state index is 0.0405. The summed E-state index contributed by atoms with van der Waals surface area (Å²) >= 11 is 6.12. The Hall–Kier alpha value is -3.80. The van der Waals surface area contributed by atoms with Crippen molar-refractivity contribution in [2.24, 2.45) is 0 Å². The predicted molar refractivity (Wildman–Crippen MR) is 105 cm³/mol. The molecule has 0 radical (unpaired) electrons. The molecule has 0 spiro atoms. The van der Waals surface area contributed by atoms with E-state index in [1.54, 1.807) is 0 Å². The fourth-order valence-electron chi connectivity index (χ4n) is 2.95. The van der Waals surface area contributed by atoms with Gasteiger partial charge in [-0.3, -0.25) is 4.79 Å². The van der Waals surface area contributed by atoms with Crippen LogP contribution in [0.5, 0.6) is 0 Å². The van der Waals surface area contributed by atoms with Gasteiger partial charge in [-0.25, -0.2) is 14.1 Å². The lowest BCUT2D eigenvalue weighted by atomic mass is 10.1. The molecule has 0 saturated carbocycles. The normalized spacial score (nSPS) is 11.6. The maximum absolute atomic E-state index is 13.8. The number of halogens is 5. The van der Waals surface area contributed by atoms with Crippen LogP contribution in [0.25, 0.3) is 11.5 Å². The van der Waals surface area contributed by atoms with E-state index in [-0.39, 0.29) is 22.2 Å². The van der Waals surface area contributed by atoms with E-state index in [0.717, 1.165) is 23.1 Å². The van der Waals surface area contributed by atoms with Gasteiger partial charge in [-0.05, 0) is 30.7 Å². The lowest BCUT2D eigenvalue weighted by Crippen LogP contribution is -2.21. The molecule has 1 N–H and O–H groups in total. The summed E-state index contributed by atoms with van der Waals surface area (Å²) < 4.78 is 55.7. The molecule has 164 valence electrons. The van der Waals surface area contributed by atoms with Crippen molar-refractivity contribution in [3.63, 3.8) is 0 Å². The molecule has 0 aliphatic heterocycles. The highest BCUT2D eigenvalue weighted by molar-refractivity contribution is 6.32. The Morgan fingerprint density at radius 2 is 1.81 bits per heavy atom. The fraction of sp³-hybridized carbons (Fsp3) is 0.105. The molecule has 32 heavy (non-hydrogen) atoms. The number of alkyl halides is 3. The number of rotatable bonds is 4. The first kappa shape index (κ1) is 21.4. The summed E-state index contributed by atoms with van der Waals surface area (Å²) in [6, 6.07) is 4.63. The number of amides is 1. The van der Waals surface area contributed by atoms with E-state index in [4.69, 9.17) is 11.6 Å². The third kappa shape index (κ3) is 4.04. The van der Waals surface area contributed by atoms with E-state index in [1.165, 1.54) is 37.6 Å². The lowest BCUT2D eigenvalue weighted by Gasteiger charge is -2.14. The molecule has 1 amide bonds. The van der Waals surface area contributed by atoms with Gasteiger partial charge in [0.05, 0.1) is 46.7 Å². The second-order valence-electron chi connectivity index (χ2n) is 6.55. The summed E-state index contributed by atoms with van der Waals surface area (Å²) in [6.45, 7) is 1.50. The highest BCUT2D eigenvalue weighted by Gasteiger charge is 2.41. The molecule has 0 saturated heterocycles. The van der Waals surface area contributed by atoms with E-state index in [9.17, 15) is 22.4 Å². The van der Waals surface area contributed by atoms with Crippen molar-refractivity contribution in [1.82, 2.24) is 29.8 Å². The maximum Gasteiger partial charge on any atom is 0.434 e. The maximum atomic E-state index is 13.8. The van der Waals surface area contributed by atoms with E-state index >= 15 is 0 Å². The topological polar surface area (TPSA) is 90.5 Å². The Kier molecular flexibility index (Phi) is 5.38. The van der Waals surface area contributed by atoms with E-state index < -0.39 is 29.2 Å². The number of carbonyl (C=O) groups is 1. The molecular formula is C19H12ClF4N7O. The van der Waals surface area contributed by atoms with Crippen molar-refractivity contribution in [3.05, 3.63) is 76.7 Å². The molecule has 3 aromatic heterocycles. The molecular weight excluding hydrogens is 454 g/mol. The molecule has 0 bridgehead atoms. The number of nitrogens with zero attached hydrogens (tertiary/aromatic N) is 6. The molecule has 0 aliphatic carbocycles. The van der Waals surface area contributed by atoms with Gasteiger partial charge in [0, 0.05) is 0 Å². The number of aromatic nitrogens is 6. The number of aryl methyl sites for hydroxylation is 1. The van der Waals surface area contributed by atoms with E-state index in [0.29, 0.717) is 10.2 Å². The third-order valence-electron chi connectivity index (χ3n) is 4.37. The zero-order chi connectivity index (χ0) is 23.0. The molecule has 0 aliphatic rings. The van der Waals surface area contributed by atoms with Crippen LogP contribution in [-0.4, -0.2) is 35.7 Å². The molecule has 0 fully saturated rings. The van der Waals surface area contributed by atoms with Gasteiger partial charge < -0.3 is 5.32 Å². The van der Waals surface area contributed by atoms with Crippen LogP contribution < -0.4 is 5.32 Å². The SMILES string of the molecule is Cc1ccc(F)cc1-n1ncc(C(=O)Nc2cnc(-n3nccn3)c(Cl)c2)c1C(F)(F)F. The molecule has 4 aromatic rings. The van der Waals surface area contributed by atoms with Crippen LogP contribution in [0, 0.1) is 12.7 Å². The summed E-state index contributed by atoms with van der Waals surface area (Å²) in [5.41, 5.74) is -1.86. The molecule has 8 nitrogen and oxygen atoms in total. The number of nitrogens with one attached hydrogen (secondary N) is 1. The average molecular weight is 466 g/mol. The van der Waals surface area contributed by atoms with Crippen LogP contribution in [0.1, 0.15) is 21.6 Å². The first-order chi connectivity index (χ1) is 15.1. The average Bonchev–Trinajstić information content (AvgIpc) is 3.39. The van der Waals surface area contributed by atoms with Crippen molar-refractivity contribution in [3.8, 4) is 11.5 Å². The fourth-order valence-corrected chi connectivity index (χ4v) is 3.19. The quantitative estimate of drug-likeness (QED) is 0.456. The second kappa shape index (κ2) is 8.04. The lowest BCUT2D eigenvalue weighted by molar-refractivity contribution is -0.143. The van der Waals surface area contributed by atoms with Crippen molar-refractivity contribution < 1.29 is 22.4 Å².